The van der Waals surface area contributed by atoms with E-state index in [-0.39, 0.29) is 79.1 Å². The lowest BCUT2D eigenvalue weighted by molar-refractivity contribution is -0.172. The molecular formula is C32H35FN4O6. The van der Waals surface area contributed by atoms with Gasteiger partial charge in [0.1, 0.15) is 12.4 Å². The van der Waals surface area contributed by atoms with Gasteiger partial charge in [-0.1, -0.05) is 6.92 Å². The summed E-state index contributed by atoms with van der Waals surface area (Å²) in [6, 6.07) is 2.90. The second-order valence-electron chi connectivity index (χ2n) is 12.4. The third-order valence-corrected chi connectivity index (χ3v) is 10.2. The van der Waals surface area contributed by atoms with Gasteiger partial charge in [-0.3, -0.25) is 14.9 Å². The van der Waals surface area contributed by atoms with E-state index in [4.69, 9.17) is 9.72 Å². The smallest absolute Gasteiger partial charge is 0.343 e. The summed E-state index contributed by atoms with van der Waals surface area (Å²) in [5.41, 5.74) is 2.89. The number of fused-ring (bicyclic) bond motifs is 5. The van der Waals surface area contributed by atoms with Crippen LogP contribution in [0.15, 0.2) is 16.9 Å². The standard InChI is InChI=1S/C32H35FN4O6/c1-3-32(42)21-9-25-28-19(11-37(25)30(40)20(21)13-43-31(32)41)27-23(34-14-35-29(39)17-5-4-16(8-17)12-38)7-6-18-15(2)22(33)10-24(36-28)26(18)27/h9-10,16-17,23,34,38,42H,3-8,11-14H2,1-2H3,(H,35,39)/t16?,17?,23-,32+/m1/s1. The van der Waals surface area contributed by atoms with Gasteiger partial charge in [0, 0.05) is 41.1 Å². The Morgan fingerprint density at radius 2 is 2.02 bits per heavy atom. The molecule has 4 heterocycles. The highest BCUT2D eigenvalue weighted by Gasteiger charge is 2.46. The molecule has 1 aromatic carbocycles. The number of aromatic nitrogens is 2. The van der Waals surface area contributed by atoms with Crippen LogP contribution >= 0.6 is 0 Å². The molecule has 2 unspecified atom stereocenters. The highest BCUT2D eigenvalue weighted by Crippen LogP contribution is 2.46. The molecule has 11 heteroatoms. The third-order valence-electron chi connectivity index (χ3n) is 10.2. The molecule has 1 fully saturated rings. The summed E-state index contributed by atoms with van der Waals surface area (Å²) in [7, 11) is 0. The number of carbonyl (C=O) groups excluding carboxylic acids is 2. The van der Waals surface area contributed by atoms with Gasteiger partial charge in [0.2, 0.25) is 5.91 Å². The number of hydrogen-bond donors (Lipinski definition) is 4. The molecule has 3 aromatic rings. The van der Waals surface area contributed by atoms with E-state index in [1.807, 2.05) is 0 Å². The zero-order valence-electron chi connectivity index (χ0n) is 24.3. The lowest BCUT2D eigenvalue weighted by Crippen LogP contribution is -2.44. The van der Waals surface area contributed by atoms with E-state index in [0.29, 0.717) is 41.7 Å². The van der Waals surface area contributed by atoms with E-state index in [9.17, 15) is 24.6 Å². The summed E-state index contributed by atoms with van der Waals surface area (Å²) in [6.07, 6.45) is 3.62. The number of halogens is 1. The molecule has 2 aromatic heterocycles. The molecule has 7 rings (SSSR count). The first-order valence-corrected chi connectivity index (χ1v) is 15.1. The summed E-state index contributed by atoms with van der Waals surface area (Å²) in [6.45, 7) is 3.78. The second kappa shape index (κ2) is 10.2. The van der Waals surface area contributed by atoms with Crippen molar-refractivity contribution in [2.75, 3.05) is 13.3 Å². The minimum Gasteiger partial charge on any atom is -0.458 e. The number of ether oxygens (including phenoxy) is 1. The molecule has 0 bridgehead atoms. The highest BCUT2D eigenvalue weighted by molar-refractivity contribution is 5.93. The fourth-order valence-corrected chi connectivity index (χ4v) is 7.64. The van der Waals surface area contributed by atoms with Crippen LogP contribution in [0.2, 0.25) is 0 Å². The zero-order valence-corrected chi connectivity index (χ0v) is 24.3. The third kappa shape index (κ3) is 4.16. The molecule has 4 atom stereocenters. The number of pyridine rings is 2. The lowest BCUT2D eigenvalue weighted by Gasteiger charge is -2.31. The maximum absolute atomic E-state index is 15.1. The number of carbonyl (C=O) groups is 2. The van der Waals surface area contributed by atoms with Crippen LogP contribution < -0.4 is 16.2 Å². The Morgan fingerprint density at radius 1 is 1.21 bits per heavy atom. The first-order chi connectivity index (χ1) is 20.7. The van der Waals surface area contributed by atoms with Crippen LogP contribution in [-0.2, 0) is 39.5 Å². The number of hydrogen-bond acceptors (Lipinski definition) is 8. The monoisotopic (exact) mass is 590 g/mol. The predicted molar refractivity (Wildman–Crippen MR) is 154 cm³/mol. The summed E-state index contributed by atoms with van der Waals surface area (Å²) in [5, 5.41) is 28.0. The van der Waals surface area contributed by atoms with Crippen molar-refractivity contribution in [3.05, 3.63) is 61.7 Å². The van der Waals surface area contributed by atoms with E-state index in [2.05, 4.69) is 10.6 Å². The van der Waals surface area contributed by atoms with Crippen molar-refractivity contribution in [1.29, 1.82) is 0 Å². The normalized spacial score (nSPS) is 25.3. The Morgan fingerprint density at radius 3 is 2.77 bits per heavy atom. The van der Waals surface area contributed by atoms with E-state index in [1.165, 1.54) is 6.07 Å². The Hall–Kier alpha value is -3.67. The molecule has 0 saturated heterocycles. The number of rotatable bonds is 6. The molecule has 10 nitrogen and oxygen atoms in total. The molecular weight excluding hydrogens is 555 g/mol. The summed E-state index contributed by atoms with van der Waals surface area (Å²) < 4.78 is 21.9. The topological polar surface area (TPSA) is 143 Å². The second-order valence-corrected chi connectivity index (χ2v) is 12.4. The minimum absolute atomic E-state index is 0.0348. The van der Waals surface area contributed by atoms with Gasteiger partial charge in [0.05, 0.1) is 35.7 Å². The molecule has 2 aliphatic carbocycles. The number of esters is 1. The number of nitrogens with one attached hydrogen (secondary N) is 2. The Bertz CT molecular complexity index is 1770. The van der Waals surface area contributed by atoms with Gasteiger partial charge in [-0.15, -0.1) is 0 Å². The number of aliphatic hydroxyl groups is 2. The average Bonchev–Trinajstić information content (AvgIpc) is 3.64. The number of amides is 1. The number of cyclic esters (lactones) is 1. The maximum Gasteiger partial charge on any atom is 0.343 e. The van der Waals surface area contributed by atoms with Crippen molar-refractivity contribution in [2.24, 2.45) is 11.8 Å². The Kier molecular flexibility index (Phi) is 6.68. The fourth-order valence-electron chi connectivity index (χ4n) is 7.64. The zero-order chi connectivity index (χ0) is 30.2. The van der Waals surface area contributed by atoms with Gasteiger partial charge in [0.25, 0.3) is 5.56 Å². The summed E-state index contributed by atoms with van der Waals surface area (Å²) in [4.78, 5) is 44.1. The SMILES string of the molecule is CC[C@@]1(O)C(=O)OCc2c1cc1n(c2=O)Cc2c-1nc1cc(F)c(C)c3c1c2[C@H](NCNC(=O)C1CCC(CO)C1)CC3. The number of aliphatic hydroxyl groups excluding tert-OH is 1. The van der Waals surface area contributed by atoms with Crippen LogP contribution in [0.3, 0.4) is 0 Å². The predicted octanol–water partition coefficient (Wildman–Crippen LogP) is 2.59. The van der Waals surface area contributed by atoms with E-state index < -0.39 is 11.6 Å². The largest absolute Gasteiger partial charge is 0.458 e. The van der Waals surface area contributed by atoms with Gasteiger partial charge in [-0.25, -0.2) is 14.2 Å². The molecule has 1 saturated carbocycles. The van der Waals surface area contributed by atoms with E-state index in [1.54, 1.807) is 24.5 Å². The van der Waals surface area contributed by atoms with Crippen LogP contribution in [0, 0.1) is 24.6 Å². The molecule has 1 amide bonds. The van der Waals surface area contributed by atoms with Crippen molar-refractivity contribution >= 4 is 22.8 Å². The number of nitrogens with zero attached hydrogens (tertiary/aromatic N) is 2. The summed E-state index contributed by atoms with van der Waals surface area (Å²) >= 11 is 0. The van der Waals surface area contributed by atoms with Crippen molar-refractivity contribution < 1.29 is 28.9 Å². The van der Waals surface area contributed by atoms with Crippen LogP contribution in [0.1, 0.15) is 78.5 Å². The molecule has 0 radical (unpaired) electrons. The minimum atomic E-state index is -1.94. The fraction of sp³-hybridized carbons (Fsp3) is 0.500. The number of aryl methyl sites for hydroxylation is 1. The van der Waals surface area contributed by atoms with Crippen LogP contribution in [0.5, 0.6) is 0 Å². The molecule has 4 aliphatic rings. The van der Waals surface area contributed by atoms with Gasteiger partial charge in [-0.05, 0) is 74.1 Å². The first kappa shape index (κ1) is 28.1. The molecule has 4 N–H and O–H groups in total. The van der Waals surface area contributed by atoms with Crippen molar-refractivity contribution in [3.63, 3.8) is 0 Å². The van der Waals surface area contributed by atoms with Crippen molar-refractivity contribution in [1.82, 2.24) is 20.2 Å². The Balaban J connectivity index is 1.30. The van der Waals surface area contributed by atoms with Gasteiger partial charge >= 0.3 is 5.97 Å². The lowest BCUT2D eigenvalue weighted by atomic mass is 9.81. The van der Waals surface area contributed by atoms with Crippen LogP contribution in [0.25, 0.3) is 22.3 Å². The van der Waals surface area contributed by atoms with Gasteiger partial charge in [-0.2, -0.15) is 0 Å². The van der Waals surface area contributed by atoms with Crippen LogP contribution in [-0.4, -0.2) is 44.9 Å². The van der Waals surface area contributed by atoms with Crippen molar-refractivity contribution in [2.45, 2.75) is 77.2 Å². The summed E-state index contributed by atoms with van der Waals surface area (Å²) in [5.74, 6) is -1.11. The molecule has 43 heavy (non-hydrogen) atoms. The van der Waals surface area contributed by atoms with Crippen LogP contribution in [0.4, 0.5) is 4.39 Å². The number of benzene rings is 1. The highest BCUT2D eigenvalue weighted by atomic mass is 19.1. The average molecular weight is 591 g/mol. The van der Waals surface area contributed by atoms with Crippen molar-refractivity contribution in [3.8, 4) is 11.4 Å². The quantitative estimate of drug-likeness (QED) is 0.198. The van der Waals surface area contributed by atoms with Gasteiger partial charge < -0.3 is 24.8 Å². The molecule has 0 spiro atoms. The molecule has 226 valence electrons. The van der Waals surface area contributed by atoms with Gasteiger partial charge in [0.15, 0.2) is 5.60 Å². The first-order valence-electron chi connectivity index (χ1n) is 15.1. The maximum atomic E-state index is 15.1. The van der Waals surface area contributed by atoms with E-state index >= 15 is 4.39 Å². The molecule has 2 aliphatic heterocycles. The van der Waals surface area contributed by atoms with E-state index in [0.717, 1.165) is 34.9 Å². The Labute approximate surface area is 247 Å².